The Bertz CT molecular complexity index is 1320. The third-order valence-corrected chi connectivity index (χ3v) is 6.37. The van der Waals surface area contributed by atoms with E-state index in [4.69, 9.17) is 0 Å². The molecule has 0 aliphatic carbocycles. The van der Waals surface area contributed by atoms with Crippen LogP contribution in [-0.4, -0.2) is 40.7 Å². The molecule has 2 N–H and O–H groups in total. The lowest BCUT2D eigenvalue weighted by atomic mass is 9.91. The van der Waals surface area contributed by atoms with Crippen LogP contribution in [0.1, 0.15) is 50.6 Å². The fourth-order valence-electron chi connectivity index (χ4n) is 4.62. The summed E-state index contributed by atoms with van der Waals surface area (Å²) in [6.45, 7) is 0.683. The van der Waals surface area contributed by atoms with Crippen molar-refractivity contribution in [2.75, 3.05) is 13.1 Å². The third-order valence-electron chi connectivity index (χ3n) is 6.37. The predicted molar refractivity (Wildman–Crippen MR) is 131 cm³/mol. The number of benzene rings is 3. The summed E-state index contributed by atoms with van der Waals surface area (Å²) in [5, 5.41) is 4.19. The molecule has 0 radical (unpaired) electrons. The Morgan fingerprint density at radius 2 is 1.50 bits per heavy atom. The van der Waals surface area contributed by atoms with Crippen molar-refractivity contribution in [2.24, 2.45) is 0 Å². The molecule has 170 valence electrons. The molecule has 1 aliphatic rings. The average molecular weight is 452 g/mol. The molecule has 0 saturated carbocycles. The fraction of sp³-hybridized carbons (Fsp3) is 0.179. The van der Waals surface area contributed by atoms with Crippen LogP contribution in [0.15, 0.2) is 85.1 Å². The first-order valence-corrected chi connectivity index (χ1v) is 11.5. The fourth-order valence-corrected chi connectivity index (χ4v) is 4.62. The molecule has 6 heteroatoms. The number of rotatable bonds is 8. The molecule has 4 aromatic rings. The molecule has 0 fully saturated rings. The van der Waals surface area contributed by atoms with Gasteiger partial charge < -0.3 is 10.3 Å². The van der Waals surface area contributed by atoms with Gasteiger partial charge in [0.05, 0.1) is 11.1 Å². The van der Waals surface area contributed by atoms with Crippen molar-refractivity contribution in [3.8, 4) is 0 Å². The Kier molecular flexibility index (Phi) is 5.95. The number of hydrogen-bond donors (Lipinski definition) is 2. The molecule has 3 amide bonds. The van der Waals surface area contributed by atoms with E-state index >= 15 is 0 Å². The van der Waals surface area contributed by atoms with Crippen molar-refractivity contribution in [2.45, 2.75) is 18.8 Å². The summed E-state index contributed by atoms with van der Waals surface area (Å²) in [6, 6.07) is 25.1. The zero-order valence-corrected chi connectivity index (χ0v) is 18.7. The van der Waals surface area contributed by atoms with Crippen LogP contribution >= 0.6 is 0 Å². The van der Waals surface area contributed by atoms with Crippen LogP contribution in [0.25, 0.3) is 10.9 Å². The van der Waals surface area contributed by atoms with Crippen LogP contribution in [-0.2, 0) is 4.79 Å². The monoisotopic (exact) mass is 451 g/mol. The van der Waals surface area contributed by atoms with E-state index in [0.717, 1.165) is 22.0 Å². The molecule has 6 nitrogen and oxygen atoms in total. The Labute approximate surface area is 197 Å². The van der Waals surface area contributed by atoms with E-state index in [-0.39, 0.29) is 36.6 Å². The summed E-state index contributed by atoms with van der Waals surface area (Å²) in [6.07, 6.45) is 2.67. The maximum atomic E-state index is 12.7. The standard InChI is InChI=1S/C28H25N3O3/c32-26(15-8-16-31-27(33)21-12-4-5-13-22(21)28(31)34)30-17-23(19-9-2-1-3-10-19)24-18-29-25-14-7-6-11-20(24)25/h1-7,9-14,18,23,29H,8,15-17H2,(H,30,32). The minimum atomic E-state index is -0.288. The number of hydrogen-bond acceptors (Lipinski definition) is 3. The molecule has 34 heavy (non-hydrogen) atoms. The quantitative estimate of drug-likeness (QED) is 0.387. The number of nitrogens with one attached hydrogen (secondary N) is 2. The molecule has 0 spiro atoms. The Hall–Kier alpha value is -4.19. The first-order chi connectivity index (χ1) is 16.6. The van der Waals surface area contributed by atoms with Crippen molar-refractivity contribution in [3.05, 3.63) is 107 Å². The van der Waals surface area contributed by atoms with Gasteiger partial charge in [-0.15, -0.1) is 0 Å². The molecule has 2 heterocycles. The molecule has 0 bridgehead atoms. The van der Waals surface area contributed by atoms with Crippen molar-refractivity contribution < 1.29 is 14.4 Å². The van der Waals surface area contributed by atoms with Gasteiger partial charge in [-0.2, -0.15) is 0 Å². The zero-order valence-electron chi connectivity index (χ0n) is 18.7. The number of nitrogens with zero attached hydrogens (tertiary/aromatic N) is 1. The lowest BCUT2D eigenvalue weighted by molar-refractivity contribution is -0.121. The second-order valence-electron chi connectivity index (χ2n) is 8.47. The van der Waals surface area contributed by atoms with Crippen molar-refractivity contribution >= 4 is 28.6 Å². The van der Waals surface area contributed by atoms with E-state index < -0.39 is 0 Å². The highest BCUT2D eigenvalue weighted by atomic mass is 16.2. The maximum absolute atomic E-state index is 12.7. The van der Waals surface area contributed by atoms with Crippen LogP contribution < -0.4 is 5.32 Å². The molecule has 3 aromatic carbocycles. The number of aromatic nitrogens is 1. The Morgan fingerprint density at radius 1 is 0.853 bits per heavy atom. The van der Waals surface area contributed by atoms with Gasteiger partial charge in [-0.05, 0) is 35.7 Å². The third kappa shape index (κ3) is 4.10. The highest BCUT2D eigenvalue weighted by Gasteiger charge is 2.34. The minimum Gasteiger partial charge on any atom is -0.361 e. The van der Waals surface area contributed by atoms with E-state index in [2.05, 4.69) is 28.5 Å². The van der Waals surface area contributed by atoms with Crippen LogP contribution in [0.3, 0.4) is 0 Å². The average Bonchev–Trinajstić information content (AvgIpc) is 3.40. The van der Waals surface area contributed by atoms with Gasteiger partial charge in [-0.3, -0.25) is 19.3 Å². The lowest BCUT2D eigenvalue weighted by Gasteiger charge is -2.18. The van der Waals surface area contributed by atoms with Gasteiger partial charge >= 0.3 is 0 Å². The van der Waals surface area contributed by atoms with E-state index in [9.17, 15) is 14.4 Å². The number of fused-ring (bicyclic) bond motifs is 2. The molecule has 1 aromatic heterocycles. The van der Waals surface area contributed by atoms with Crippen LogP contribution in [0, 0.1) is 0 Å². The zero-order chi connectivity index (χ0) is 23.5. The molecular weight excluding hydrogens is 426 g/mol. The van der Waals surface area contributed by atoms with E-state index in [1.54, 1.807) is 24.3 Å². The number of aromatic amines is 1. The second kappa shape index (κ2) is 9.35. The SMILES string of the molecule is O=C(CCCN1C(=O)c2ccccc2C1=O)NCC(c1ccccc1)c1c[nH]c2ccccc12. The van der Waals surface area contributed by atoms with Gasteiger partial charge in [0.1, 0.15) is 0 Å². The summed E-state index contributed by atoms with van der Waals surface area (Å²) in [7, 11) is 0. The Morgan fingerprint density at radius 3 is 2.24 bits per heavy atom. The summed E-state index contributed by atoms with van der Waals surface area (Å²) >= 11 is 0. The van der Waals surface area contributed by atoms with Gasteiger partial charge in [-0.1, -0.05) is 60.7 Å². The summed E-state index contributed by atoms with van der Waals surface area (Å²) < 4.78 is 0. The Balaban J connectivity index is 1.22. The lowest BCUT2D eigenvalue weighted by Crippen LogP contribution is -2.33. The molecule has 1 aliphatic heterocycles. The number of para-hydroxylation sites is 1. The topological polar surface area (TPSA) is 82.3 Å². The first kappa shape index (κ1) is 21.6. The molecule has 0 saturated heterocycles. The van der Waals surface area contributed by atoms with E-state index in [1.165, 1.54) is 4.90 Å². The number of H-pyrrole nitrogens is 1. The normalized spacial score (nSPS) is 13.8. The largest absolute Gasteiger partial charge is 0.361 e. The highest BCUT2D eigenvalue weighted by molar-refractivity contribution is 6.21. The van der Waals surface area contributed by atoms with Crippen molar-refractivity contribution in [3.63, 3.8) is 0 Å². The minimum absolute atomic E-state index is 0.00228. The second-order valence-corrected chi connectivity index (χ2v) is 8.47. The van der Waals surface area contributed by atoms with Crippen molar-refractivity contribution in [1.29, 1.82) is 0 Å². The van der Waals surface area contributed by atoms with Gasteiger partial charge in [0, 0.05) is 42.5 Å². The maximum Gasteiger partial charge on any atom is 0.261 e. The van der Waals surface area contributed by atoms with Gasteiger partial charge in [-0.25, -0.2) is 0 Å². The molecule has 1 atom stereocenters. The molecule has 1 unspecified atom stereocenters. The smallest absolute Gasteiger partial charge is 0.261 e. The van der Waals surface area contributed by atoms with Crippen LogP contribution in [0.2, 0.25) is 0 Å². The summed E-state index contributed by atoms with van der Waals surface area (Å²) in [5.74, 6) is -0.677. The summed E-state index contributed by atoms with van der Waals surface area (Å²) in [4.78, 5) is 42.2. The van der Waals surface area contributed by atoms with Gasteiger partial charge in [0.15, 0.2) is 0 Å². The van der Waals surface area contributed by atoms with Gasteiger partial charge in [0.25, 0.3) is 11.8 Å². The van der Waals surface area contributed by atoms with Crippen molar-refractivity contribution in [1.82, 2.24) is 15.2 Å². The summed E-state index contributed by atoms with van der Waals surface area (Å²) in [5.41, 5.74) is 4.18. The first-order valence-electron chi connectivity index (χ1n) is 11.5. The number of amides is 3. The van der Waals surface area contributed by atoms with E-state index in [0.29, 0.717) is 24.1 Å². The molecular formula is C28H25N3O3. The predicted octanol–water partition coefficient (Wildman–Crippen LogP) is 4.49. The number of imide groups is 1. The number of carbonyl (C=O) groups is 3. The number of carbonyl (C=O) groups excluding carboxylic acids is 3. The van der Waals surface area contributed by atoms with E-state index in [1.807, 2.05) is 42.6 Å². The van der Waals surface area contributed by atoms with Crippen LogP contribution in [0.4, 0.5) is 0 Å². The van der Waals surface area contributed by atoms with Gasteiger partial charge in [0.2, 0.25) is 5.91 Å². The highest BCUT2D eigenvalue weighted by Crippen LogP contribution is 2.30. The van der Waals surface area contributed by atoms with Crippen LogP contribution in [0.5, 0.6) is 0 Å². The molecule has 5 rings (SSSR count).